The van der Waals surface area contributed by atoms with Crippen LogP contribution < -0.4 is 10.6 Å². The molecule has 0 bridgehead atoms. The van der Waals surface area contributed by atoms with Crippen molar-refractivity contribution < 1.29 is 8.42 Å². The van der Waals surface area contributed by atoms with E-state index in [0.717, 1.165) is 18.9 Å². The highest BCUT2D eigenvalue weighted by Gasteiger charge is 2.20. The minimum absolute atomic E-state index is 0.137. The Hall–Kier alpha value is -1.56. The average Bonchev–Trinajstić information content (AvgIpc) is 2.58. The molecule has 0 amide bonds. The highest BCUT2D eigenvalue weighted by molar-refractivity contribution is 7.90. The Balaban J connectivity index is 2.74. The maximum Gasteiger partial charge on any atom is 0.191 e. The average molecular weight is 382 g/mol. The van der Waals surface area contributed by atoms with Crippen molar-refractivity contribution in [3.05, 3.63) is 35.4 Å². The van der Waals surface area contributed by atoms with Crippen LogP contribution in [0.5, 0.6) is 0 Å². The predicted molar refractivity (Wildman–Crippen MR) is 111 cm³/mol. The first-order valence-corrected chi connectivity index (χ1v) is 11.4. The van der Waals surface area contributed by atoms with Gasteiger partial charge in [0.05, 0.1) is 11.8 Å². The molecule has 1 aromatic rings. The minimum Gasteiger partial charge on any atom is -0.357 e. The second kappa shape index (κ2) is 9.95. The lowest BCUT2D eigenvalue weighted by Crippen LogP contribution is -2.39. The van der Waals surface area contributed by atoms with E-state index in [1.165, 1.54) is 17.4 Å². The number of benzene rings is 1. The van der Waals surface area contributed by atoms with Gasteiger partial charge in [-0.2, -0.15) is 0 Å². The van der Waals surface area contributed by atoms with Crippen molar-refractivity contribution in [2.75, 3.05) is 25.1 Å². The molecule has 0 aromatic heterocycles. The third-order valence-electron chi connectivity index (χ3n) is 4.40. The van der Waals surface area contributed by atoms with Crippen molar-refractivity contribution in [2.24, 2.45) is 10.4 Å². The molecule has 0 saturated heterocycles. The van der Waals surface area contributed by atoms with Crippen LogP contribution in [0.3, 0.4) is 0 Å². The van der Waals surface area contributed by atoms with Crippen LogP contribution in [0.25, 0.3) is 0 Å². The quantitative estimate of drug-likeness (QED) is 0.508. The molecule has 0 heterocycles. The second-order valence-electron chi connectivity index (χ2n) is 7.70. The van der Waals surface area contributed by atoms with Gasteiger partial charge in [0.25, 0.3) is 0 Å². The zero-order valence-corrected chi connectivity index (χ0v) is 17.9. The molecule has 1 unspecified atom stereocenters. The number of nitrogens with one attached hydrogen (secondary N) is 2. The predicted octanol–water partition coefficient (Wildman–Crippen LogP) is 3.33. The van der Waals surface area contributed by atoms with Crippen molar-refractivity contribution in [3.63, 3.8) is 0 Å². The fourth-order valence-corrected chi connectivity index (χ4v) is 3.41. The summed E-state index contributed by atoms with van der Waals surface area (Å²) in [6.07, 6.45) is 2.92. The molecule has 1 rings (SSSR count). The SMILES string of the molecule is CCNC(=NCC(C)(C)CCS(C)(=O)=O)NC(C)c1ccc(CC)cc1. The monoisotopic (exact) mass is 381 g/mol. The summed E-state index contributed by atoms with van der Waals surface area (Å²) < 4.78 is 22.8. The summed E-state index contributed by atoms with van der Waals surface area (Å²) in [6.45, 7) is 11.8. The molecule has 6 heteroatoms. The number of hydrogen-bond acceptors (Lipinski definition) is 3. The number of hydrogen-bond donors (Lipinski definition) is 2. The van der Waals surface area contributed by atoms with Crippen LogP contribution in [0.2, 0.25) is 0 Å². The van der Waals surface area contributed by atoms with E-state index in [4.69, 9.17) is 0 Å². The van der Waals surface area contributed by atoms with Crippen molar-refractivity contribution in [1.82, 2.24) is 10.6 Å². The molecule has 1 aromatic carbocycles. The van der Waals surface area contributed by atoms with Crippen LogP contribution in [0, 0.1) is 5.41 Å². The first-order valence-electron chi connectivity index (χ1n) is 9.37. The van der Waals surface area contributed by atoms with Crippen LogP contribution >= 0.6 is 0 Å². The van der Waals surface area contributed by atoms with Crippen LogP contribution in [-0.4, -0.2) is 39.5 Å². The molecule has 1 atom stereocenters. The van der Waals surface area contributed by atoms with E-state index in [0.29, 0.717) is 13.0 Å². The molecular weight excluding hydrogens is 346 g/mol. The van der Waals surface area contributed by atoms with Crippen LogP contribution in [-0.2, 0) is 16.3 Å². The third kappa shape index (κ3) is 8.70. The number of guanidine groups is 1. The summed E-state index contributed by atoms with van der Waals surface area (Å²) in [7, 11) is -2.95. The summed E-state index contributed by atoms with van der Waals surface area (Å²) in [5.74, 6) is 0.951. The fraction of sp³-hybridized carbons (Fsp3) is 0.650. The van der Waals surface area contributed by atoms with Crippen molar-refractivity contribution in [1.29, 1.82) is 0 Å². The van der Waals surface area contributed by atoms with Gasteiger partial charge in [0.15, 0.2) is 5.96 Å². The Labute approximate surface area is 159 Å². The fourth-order valence-electron chi connectivity index (χ4n) is 2.48. The second-order valence-corrected chi connectivity index (χ2v) is 9.96. The Kier molecular flexibility index (Phi) is 8.60. The minimum atomic E-state index is -2.95. The van der Waals surface area contributed by atoms with Gasteiger partial charge in [-0.05, 0) is 43.2 Å². The molecule has 0 saturated carbocycles. The number of aliphatic imine (C=N–C) groups is 1. The van der Waals surface area contributed by atoms with E-state index in [-0.39, 0.29) is 17.2 Å². The molecule has 0 aliphatic rings. The van der Waals surface area contributed by atoms with E-state index >= 15 is 0 Å². The zero-order valence-electron chi connectivity index (χ0n) is 17.1. The number of sulfone groups is 1. The van der Waals surface area contributed by atoms with E-state index in [1.54, 1.807) is 0 Å². The topological polar surface area (TPSA) is 70.6 Å². The Morgan fingerprint density at radius 3 is 2.31 bits per heavy atom. The molecule has 0 radical (unpaired) electrons. The van der Waals surface area contributed by atoms with Gasteiger partial charge in [0.1, 0.15) is 9.84 Å². The molecule has 0 aliphatic carbocycles. The van der Waals surface area contributed by atoms with E-state index in [2.05, 4.69) is 67.6 Å². The normalized spacial score (nSPS) is 14.2. The van der Waals surface area contributed by atoms with Gasteiger partial charge >= 0.3 is 0 Å². The Morgan fingerprint density at radius 2 is 1.81 bits per heavy atom. The highest BCUT2D eigenvalue weighted by atomic mass is 32.2. The van der Waals surface area contributed by atoms with Crippen molar-refractivity contribution in [3.8, 4) is 0 Å². The summed E-state index contributed by atoms with van der Waals surface area (Å²) in [5, 5.41) is 6.71. The van der Waals surface area contributed by atoms with Crippen molar-refractivity contribution in [2.45, 2.75) is 53.5 Å². The smallest absolute Gasteiger partial charge is 0.191 e. The van der Waals surface area contributed by atoms with Crippen LogP contribution in [0.1, 0.15) is 58.2 Å². The molecule has 0 fully saturated rings. The summed E-state index contributed by atoms with van der Waals surface area (Å²) in [5.41, 5.74) is 2.37. The zero-order chi connectivity index (χ0) is 19.8. The molecular formula is C20H35N3O2S. The van der Waals surface area contributed by atoms with Gasteiger partial charge in [-0.1, -0.05) is 45.0 Å². The lowest BCUT2D eigenvalue weighted by molar-refractivity contribution is 0.365. The standard InChI is InChI=1S/C20H35N3O2S/c1-7-17-9-11-18(12-10-17)16(3)23-19(21-8-2)22-15-20(4,5)13-14-26(6,24)25/h9-12,16H,7-8,13-15H2,1-6H3,(H2,21,22,23). The lowest BCUT2D eigenvalue weighted by atomic mass is 9.90. The third-order valence-corrected chi connectivity index (χ3v) is 5.35. The maximum absolute atomic E-state index is 11.4. The molecule has 26 heavy (non-hydrogen) atoms. The van der Waals surface area contributed by atoms with Gasteiger partial charge in [0.2, 0.25) is 0 Å². The number of rotatable bonds is 9. The maximum atomic E-state index is 11.4. The van der Waals surface area contributed by atoms with E-state index in [1.807, 2.05) is 6.92 Å². The van der Waals surface area contributed by atoms with Gasteiger partial charge < -0.3 is 10.6 Å². The molecule has 2 N–H and O–H groups in total. The van der Waals surface area contributed by atoms with E-state index < -0.39 is 9.84 Å². The van der Waals surface area contributed by atoms with Gasteiger partial charge in [-0.15, -0.1) is 0 Å². The first-order chi connectivity index (χ1) is 12.1. The molecule has 5 nitrogen and oxygen atoms in total. The summed E-state index contributed by atoms with van der Waals surface area (Å²) in [4.78, 5) is 4.68. The molecule has 0 spiro atoms. The van der Waals surface area contributed by atoms with E-state index in [9.17, 15) is 8.42 Å². The number of aryl methyl sites for hydroxylation is 1. The van der Waals surface area contributed by atoms with Crippen molar-refractivity contribution >= 4 is 15.8 Å². The molecule has 0 aliphatic heterocycles. The lowest BCUT2D eigenvalue weighted by Gasteiger charge is -2.24. The van der Waals surface area contributed by atoms with Crippen LogP contribution in [0.15, 0.2) is 29.3 Å². The Morgan fingerprint density at radius 1 is 1.19 bits per heavy atom. The summed E-state index contributed by atoms with van der Waals surface area (Å²) in [6, 6.07) is 8.75. The molecule has 148 valence electrons. The van der Waals surface area contributed by atoms with Crippen LogP contribution in [0.4, 0.5) is 0 Å². The number of nitrogens with zero attached hydrogens (tertiary/aromatic N) is 1. The Bertz CT molecular complexity index is 680. The largest absolute Gasteiger partial charge is 0.357 e. The van der Waals surface area contributed by atoms with Gasteiger partial charge in [0, 0.05) is 19.3 Å². The van der Waals surface area contributed by atoms with Gasteiger partial charge in [-0.25, -0.2) is 8.42 Å². The first kappa shape index (κ1) is 22.5. The summed E-state index contributed by atoms with van der Waals surface area (Å²) >= 11 is 0. The van der Waals surface area contributed by atoms with Gasteiger partial charge in [-0.3, -0.25) is 4.99 Å². The highest BCUT2D eigenvalue weighted by Crippen LogP contribution is 2.21.